The third kappa shape index (κ3) is 1.52. The first-order valence-electron chi connectivity index (χ1n) is 5.85. The fraction of sp³-hybridized carbons (Fsp3) is 0.571. The first kappa shape index (κ1) is 11.5. The molecule has 16 heavy (non-hydrogen) atoms. The van der Waals surface area contributed by atoms with E-state index in [2.05, 4.69) is 32.9 Å². The molecule has 1 aromatic carbocycles. The van der Waals surface area contributed by atoms with Crippen LogP contribution in [-0.4, -0.2) is 12.6 Å². The van der Waals surface area contributed by atoms with Crippen molar-refractivity contribution in [2.45, 2.75) is 44.6 Å². The molecule has 0 bridgehead atoms. The lowest BCUT2D eigenvalue weighted by molar-refractivity contribution is 0.382. The van der Waals surface area contributed by atoms with Crippen LogP contribution < -0.4 is 10.5 Å². The molecule has 0 amide bonds. The molecule has 0 radical (unpaired) electrons. The Balaban J connectivity index is 2.50. The summed E-state index contributed by atoms with van der Waals surface area (Å²) in [5.41, 5.74) is 8.92. The number of methoxy groups -OCH3 is 1. The second-order valence-electron chi connectivity index (χ2n) is 5.44. The minimum atomic E-state index is -0.163. The minimum absolute atomic E-state index is 0.158. The lowest BCUT2D eigenvalue weighted by Gasteiger charge is -2.32. The molecule has 2 heteroatoms. The lowest BCUT2D eigenvalue weighted by Crippen LogP contribution is -2.45. The van der Waals surface area contributed by atoms with Crippen molar-refractivity contribution in [2.24, 2.45) is 5.73 Å². The van der Waals surface area contributed by atoms with Crippen LogP contribution in [-0.2, 0) is 5.41 Å². The lowest BCUT2D eigenvalue weighted by atomic mass is 9.77. The SMILES string of the molecule is COc1cccc(C2(C(C)(C)N)CC2)c1C. The van der Waals surface area contributed by atoms with Gasteiger partial charge in [0.05, 0.1) is 7.11 Å². The predicted octanol–water partition coefficient (Wildman–Crippen LogP) is 2.77. The first-order chi connectivity index (χ1) is 7.42. The van der Waals surface area contributed by atoms with E-state index in [0.29, 0.717) is 0 Å². The summed E-state index contributed by atoms with van der Waals surface area (Å²) in [5, 5.41) is 0. The molecule has 0 saturated heterocycles. The Morgan fingerprint density at radius 2 is 1.94 bits per heavy atom. The third-order valence-corrected chi connectivity index (χ3v) is 4.00. The Labute approximate surface area is 97.8 Å². The fourth-order valence-electron chi connectivity index (χ4n) is 2.74. The van der Waals surface area contributed by atoms with E-state index in [4.69, 9.17) is 10.5 Å². The number of nitrogens with two attached hydrogens (primary N) is 1. The summed E-state index contributed by atoms with van der Waals surface area (Å²) in [6, 6.07) is 6.27. The molecule has 0 heterocycles. The first-order valence-corrected chi connectivity index (χ1v) is 5.85. The van der Waals surface area contributed by atoms with Crippen molar-refractivity contribution in [3.63, 3.8) is 0 Å². The summed E-state index contributed by atoms with van der Waals surface area (Å²) >= 11 is 0. The van der Waals surface area contributed by atoms with Gasteiger partial charge in [-0.25, -0.2) is 0 Å². The van der Waals surface area contributed by atoms with Crippen LogP contribution in [0.1, 0.15) is 37.8 Å². The van der Waals surface area contributed by atoms with Crippen molar-refractivity contribution in [3.8, 4) is 5.75 Å². The fourth-order valence-corrected chi connectivity index (χ4v) is 2.74. The summed E-state index contributed by atoms with van der Waals surface area (Å²) in [6.07, 6.45) is 2.37. The number of hydrogen-bond donors (Lipinski definition) is 1. The number of hydrogen-bond acceptors (Lipinski definition) is 2. The Kier molecular flexibility index (Phi) is 2.50. The summed E-state index contributed by atoms with van der Waals surface area (Å²) in [7, 11) is 1.72. The van der Waals surface area contributed by atoms with Gasteiger partial charge >= 0.3 is 0 Å². The van der Waals surface area contributed by atoms with E-state index in [1.807, 2.05) is 6.07 Å². The van der Waals surface area contributed by atoms with Crippen molar-refractivity contribution in [1.82, 2.24) is 0 Å². The Morgan fingerprint density at radius 1 is 1.31 bits per heavy atom. The van der Waals surface area contributed by atoms with Gasteiger partial charge in [0.15, 0.2) is 0 Å². The van der Waals surface area contributed by atoms with Gasteiger partial charge in [0, 0.05) is 11.0 Å². The van der Waals surface area contributed by atoms with Crippen LogP contribution >= 0.6 is 0 Å². The monoisotopic (exact) mass is 219 g/mol. The molecular formula is C14H21NO. The largest absolute Gasteiger partial charge is 0.496 e. The van der Waals surface area contributed by atoms with E-state index in [0.717, 1.165) is 5.75 Å². The van der Waals surface area contributed by atoms with Crippen LogP contribution in [0.25, 0.3) is 0 Å². The van der Waals surface area contributed by atoms with Crippen molar-refractivity contribution in [3.05, 3.63) is 29.3 Å². The highest BCUT2D eigenvalue weighted by Crippen LogP contribution is 2.56. The van der Waals surface area contributed by atoms with Crippen LogP contribution in [0.5, 0.6) is 5.75 Å². The van der Waals surface area contributed by atoms with Gasteiger partial charge in [-0.05, 0) is 50.8 Å². The molecule has 0 atom stereocenters. The average Bonchev–Trinajstić information content (AvgIpc) is 2.98. The third-order valence-electron chi connectivity index (χ3n) is 4.00. The van der Waals surface area contributed by atoms with Crippen LogP contribution in [0, 0.1) is 6.92 Å². The van der Waals surface area contributed by atoms with E-state index < -0.39 is 0 Å². The van der Waals surface area contributed by atoms with Gasteiger partial charge in [0.2, 0.25) is 0 Å². The van der Waals surface area contributed by atoms with Gasteiger partial charge in [-0.3, -0.25) is 0 Å². The molecule has 1 aliphatic carbocycles. The van der Waals surface area contributed by atoms with Gasteiger partial charge in [-0.15, -0.1) is 0 Å². The van der Waals surface area contributed by atoms with Gasteiger partial charge in [-0.1, -0.05) is 12.1 Å². The smallest absolute Gasteiger partial charge is 0.122 e. The molecule has 1 saturated carbocycles. The number of ether oxygens (including phenoxy) is 1. The quantitative estimate of drug-likeness (QED) is 0.848. The standard InChI is InChI=1S/C14H21NO/c1-10-11(6-5-7-12(10)16-4)14(8-9-14)13(2,3)15/h5-7H,8-9,15H2,1-4H3. The second kappa shape index (κ2) is 3.49. The molecule has 0 aromatic heterocycles. The zero-order valence-corrected chi connectivity index (χ0v) is 10.6. The maximum absolute atomic E-state index is 6.33. The van der Waals surface area contributed by atoms with E-state index in [9.17, 15) is 0 Å². The van der Waals surface area contributed by atoms with Gasteiger partial charge < -0.3 is 10.5 Å². The molecule has 2 rings (SSSR count). The highest BCUT2D eigenvalue weighted by Gasteiger charge is 2.54. The Morgan fingerprint density at radius 3 is 2.38 bits per heavy atom. The van der Waals surface area contributed by atoms with E-state index in [1.54, 1.807) is 7.11 Å². The zero-order chi connectivity index (χ0) is 12.0. The molecule has 2 nitrogen and oxygen atoms in total. The highest BCUT2D eigenvalue weighted by molar-refractivity contribution is 5.48. The summed E-state index contributed by atoms with van der Waals surface area (Å²) < 4.78 is 5.38. The van der Waals surface area contributed by atoms with Gasteiger partial charge in [-0.2, -0.15) is 0 Å². The maximum Gasteiger partial charge on any atom is 0.122 e. The topological polar surface area (TPSA) is 35.2 Å². The normalized spacial score (nSPS) is 18.3. The van der Waals surface area contributed by atoms with Crippen LogP contribution in [0.15, 0.2) is 18.2 Å². The molecule has 0 spiro atoms. The molecule has 88 valence electrons. The Bertz CT molecular complexity index is 400. The zero-order valence-electron chi connectivity index (χ0n) is 10.6. The minimum Gasteiger partial charge on any atom is -0.496 e. The van der Waals surface area contributed by atoms with Crippen LogP contribution in [0.4, 0.5) is 0 Å². The second-order valence-corrected chi connectivity index (χ2v) is 5.44. The number of rotatable bonds is 3. The van der Waals surface area contributed by atoms with Crippen molar-refractivity contribution >= 4 is 0 Å². The highest BCUT2D eigenvalue weighted by atomic mass is 16.5. The van der Waals surface area contributed by atoms with Crippen LogP contribution in [0.3, 0.4) is 0 Å². The van der Waals surface area contributed by atoms with E-state index >= 15 is 0 Å². The average molecular weight is 219 g/mol. The number of benzene rings is 1. The van der Waals surface area contributed by atoms with Crippen molar-refractivity contribution in [2.75, 3.05) is 7.11 Å². The molecule has 1 fully saturated rings. The summed E-state index contributed by atoms with van der Waals surface area (Å²) in [5.74, 6) is 0.966. The van der Waals surface area contributed by atoms with Crippen LogP contribution in [0.2, 0.25) is 0 Å². The molecular weight excluding hydrogens is 198 g/mol. The van der Waals surface area contributed by atoms with Crippen molar-refractivity contribution < 1.29 is 4.74 Å². The van der Waals surface area contributed by atoms with Gasteiger partial charge in [0.1, 0.15) is 5.75 Å². The summed E-state index contributed by atoms with van der Waals surface area (Å²) in [4.78, 5) is 0. The maximum atomic E-state index is 6.33. The molecule has 1 aliphatic rings. The van der Waals surface area contributed by atoms with E-state index in [1.165, 1.54) is 24.0 Å². The summed E-state index contributed by atoms with van der Waals surface area (Å²) in [6.45, 7) is 6.37. The van der Waals surface area contributed by atoms with E-state index in [-0.39, 0.29) is 11.0 Å². The van der Waals surface area contributed by atoms with Crippen molar-refractivity contribution in [1.29, 1.82) is 0 Å². The Hall–Kier alpha value is -1.02. The van der Waals surface area contributed by atoms with Gasteiger partial charge in [0.25, 0.3) is 0 Å². The molecule has 2 N–H and O–H groups in total. The molecule has 0 unspecified atom stereocenters. The molecule has 1 aromatic rings. The molecule has 0 aliphatic heterocycles. The predicted molar refractivity (Wildman–Crippen MR) is 66.9 cm³/mol.